The summed E-state index contributed by atoms with van der Waals surface area (Å²) in [6.45, 7) is 1.17. The van der Waals surface area contributed by atoms with Gasteiger partial charge in [0.1, 0.15) is 0 Å². The van der Waals surface area contributed by atoms with Gasteiger partial charge in [-0.15, -0.1) is 0 Å². The van der Waals surface area contributed by atoms with E-state index in [1.807, 2.05) is 6.07 Å². The van der Waals surface area contributed by atoms with Crippen LogP contribution in [-0.4, -0.2) is 34.1 Å². The Kier molecular flexibility index (Phi) is 5.51. The fourth-order valence-corrected chi connectivity index (χ4v) is 3.20. The van der Waals surface area contributed by atoms with Gasteiger partial charge in [-0.2, -0.15) is 0 Å². The molecule has 0 radical (unpaired) electrons. The number of nitro groups is 1. The van der Waals surface area contributed by atoms with Crippen LogP contribution in [0.5, 0.6) is 0 Å². The van der Waals surface area contributed by atoms with Gasteiger partial charge in [-0.05, 0) is 25.0 Å². The van der Waals surface area contributed by atoms with Crippen molar-refractivity contribution in [2.45, 2.75) is 38.3 Å². The molecule has 1 aliphatic carbocycles. The molecule has 0 aromatic heterocycles. The van der Waals surface area contributed by atoms with E-state index in [1.54, 1.807) is 12.1 Å². The molecule has 2 rings (SSSR count). The van der Waals surface area contributed by atoms with Crippen molar-refractivity contribution in [3.05, 3.63) is 38.3 Å². The Morgan fingerprint density at radius 1 is 1.40 bits per heavy atom. The van der Waals surface area contributed by atoms with E-state index >= 15 is 0 Å². The van der Waals surface area contributed by atoms with Crippen LogP contribution < -0.4 is 0 Å². The zero-order valence-corrected chi connectivity index (χ0v) is 12.9. The molecule has 5 nitrogen and oxygen atoms in total. The number of nitrogens with zero attached hydrogens (tertiary/aromatic N) is 2. The Morgan fingerprint density at radius 3 is 2.70 bits per heavy atom. The van der Waals surface area contributed by atoms with E-state index in [-0.39, 0.29) is 17.2 Å². The maximum atomic E-state index is 11.2. The first-order valence-corrected chi connectivity index (χ1v) is 7.69. The van der Waals surface area contributed by atoms with Crippen molar-refractivity contribution in [2.75, 3.05) is 13.2 Å². The fraction of sp³-hybridized carbons (Fsp3) is 0.571. The van der Waals surface area contributed by atoms with Crippen LogP contribution in [-0.2, 0) is 6.54 Å². The van der Waals surface area contributed by atoms with E-state index < -0.39 is 0 Å². The van der Waals surface area contributed by atoms with Crippen LogP contribution in [0.2, 0.25) is 0 Å². The van der Waals surface area contributed by atoms with Crippen molar-refractivity contribution >= 4 is 21.6 Å². The van der Waals surface area contributed by atoms with Crippen molar-refractivity contribution < 1.29 is 10.0 Å². The molecule has 1 aromatic rings. The Labute approximate surface area is 126 Å². The molecular weight excluding hydrogens is 324 g/mol. The molecule has 0 unspecified atom stereocenters. The summed E-state index contributed by atoms with van der Waals surface area (Å²) in [4.78, 5) is 13.0. The van der Waals surface area contributed by atoms with Gasteiger partial charge in [0.25, 0.3) is 5.69 Å². The third-order valence-corrected chi connectivity index (χ3v) is 4.34. The minimum Gasteiger partial charge on any atom is -0.395 e. The van der Waals surface area contributed by atoms with Gasteiger partial charge < -0.3 is 5.11 Å². The van der Waals surface area contributed by atoms with E-state index in [4.69, 9.17) is 0 Å². The maximum Gasteiger partial charge on any atom is 0.275 e. The number of nitro benzene ring substituents is 1. The zero-order chi connectivity index (χ0) is 14.5. The highest BCUT2D eigenvalue weighted by atomic mass is 79.9. The van der Waals surface area contributed by atoms with Gasteiger partial charge >= 0.3 is 0 Å². The molecule has 0 amide bonds. The summed E-state index contributed by atoms with van der Waals surface area (Å²) in [6, 6.07) is 5.60. The monoisotopic (exact) mass is 342 g/mol. The summed E-state index contributed by atoms with van der Waals surface area (Å²) in [7, 11) is 0. The summed E-state index contributed by atoms with van der Waals surface area (Å²) in [5.41, 5.74) is 0.846. The highest BCUT2D eigenvalue weighted by molar-refractivity contribution is 9.10. The molecular formula is C14H19BrN2O3. The van der Waals surface area contributed by atoms with Crippen LogP contribution in [0.4, 0.5) is 5.69 Å². The van der Waals surface area contributed by atoms with Crippen LogP contribution in [0.3, 0.4) is 0 Å². The van der Waals surface area contributed by atoms with Crippen molar-refractivity contribution in [3.8, 4) is 0 Å². The van der Waals surface area contributed by atoms with Crippen molar-refractivity contribution in [3.63, 3.8) is 0 Å². The molecule has 0 aliphatic heterocycles. The topological polar surface area (TPSA) is 66.6 Å². The summed E-state index contributed by atoms with van der Waals surface area (Å²) >= 11 is 3.27. The fourth-order valence-electron chi connectivity index (χ4n) is 2.85. The van der Waals surface area contributed by atoms with Gasteiger partial charge in [-0.3, -0.25) is 15.0 Å². The van der Waals surface area contributed by atoms with Crippen LogP contribution >= 0.6 is 15.9 Å². The van der Waals surface area contributed by atoms with Crippen LogP contribution in [0.25, 0.3) is 0 Å². The lowest BCUT2D eigenvalue weighted by molar-refractivity contribution is -0.385. The van der Waals surface area contributed by atoms with Crippen LogP contribution in [0.1, 0.15) is 31.2 Å². The molecule has 0 atom stereocenters. The van der Waals surface area contributed by atoms with Gasteiger partial charge in [0.2, 0.25) is 0 Å². The number of halogens is 1. The minimum atomic E-state index is -0.341. The van der Waals surface area contributed by atoms with E-state index in [0.717, 1.165) is 12.8 Å². The molecule has 1 N–H and O–H groups in total. The molecule has 1 fully saturated rings. The summed E-state index contributed by atoms with van der Waals surface area (Å²) in [6.07, 6.45) is 4.64. The Hall–Kier alpha value is -0.980. The van der Waals surface area contributed by atoms with Gasteiger partial charge in [-0.1, -0.05) is 28.8 Å². The summed E-state index contributed by atoms with van der Waals surface area (Å²) < 4.78 is 0.711. The SMILES string of the molecule is O=[N+]([O-])c1cc(Br)ccc1CN(CCO)C1CCCC1. The Morgan fingerprint density at radius 2 is 2.10 bits per heavy atom. The molecule has 6 heteroatoms. The highest BCUT2D eigenvalue weighted by Crippen LogP contribution is 2.28. The molecule has 1 aliphatic rings. The molecule has 0 bridgehead atoms. The van der Waals surface area contributed by atoms with E-state index in [0.29, 0.717) is 29.2 Å². The molecule has 1 aromatic carbocycles. The van der Waals surface area contributed by atoms with Crippen molar-refractivity contribution in [2.24, 2.45) is 0 Å². The second-order valence-corrected chi connectivity index (χ2v) is 6.08. The predicted molar refractivity (Wildman–Crippen MR) is 80.5 cm³/mol. The first kappa shape index (κ1) is 15.4. The van der Waals surface area contributed by atoms with Gasteiger partial charge in [0.15, 0.2) is 0 Å². The van der Waals surface area contributed by atoms with E-state index in [1.165, 1.54) is 12.8 Å². The lowest BCUT2D eigenvalue weighted by atomic mass is 10.1. The first-order valence-electron chi connectivity index (χ1n) is 6.89. The molecule has 1 saturated carbocycles. The number of aliphatic hydroxyl groups excluding tert-OH is 1. The smallest absolute Gasteiger partial charge is 0.275 e. The normalized spacial score (nSPS) is 15.9. The Bertz CT molecular complexity index is 475. The van der Waals surface area contributed by atoms with Crippen molar-refractivity contribution in [1.29, 1.82) is 0 Å². The first-order chi connectivity index (χ1) is 9.61. The molecule has 110 valence electrons. The van der Waals surface area contributed by atoms with E-state index in [9.17, 15) is 15.2 Å². The van der Waals surface area contributed by atoms with Crippen molar-refractivity contribution in [1.82, 2.24) is 4.90 Å². The minimum absolute atomic E-state index is 0.0842. The van der Waals surface area contributed by atoms with Gasteiger partial charge in [0.05, 0.1) is 11.5 Å². The molecule has 0 spiro atoms. The largest absolute Gasteiger partial charge is 0.395 e. The third-order valence-electron chi connectivity index (χ3n) is 3.85. The summed E-state index contributed by atoms with van der Waals surface area (Å²) in [5.74, 6) is 0. The average Bonchev–Trinajstić information content (AvgIpc) is 2.93. The number of rotatable bonds is 6. The number of hydrogen-bond donors (Lipinski definition) is 1. The Balaban J connectivity index is 2.19. The number of aliphatic hydroxyl groups is 1. The molecule has 0 heterocycles. The standard InChI is InChI=1S/C14H19BrN2O3/c15-12-6-5-11(14(9-12)17(19)20)10-16(7-8-18)13-3-1-2-4-13/h5-6,9,13,18H,1-4,7-8,10H2. The van der Waals surface area contributed by atoms with Crippen LogP contribution in [0.15, 0.2) is 22.7 Å². The predicted octanol–water partition coefficient (Wildman–Crippen LogP) is 3.09. The quantitative estimate of drug-likeness (QED) is 0.637. The van der Waals surface area contributed by atoms with E-state index in [2.05, 4.69) is 20.8 Å². The molecule has 0 saturated heterocycles. The lowest BCUT2D eigenvalue weighted by Crippen LogP contribution is -2.35. The lowest BCUT2D eigenvalue weighted by Gasteiger charge is -2.28. The number of benzene rings is 1. The van der Waals surface area contributed by atoms with Gasteiger partial charge in [0, 0.05) is 35.2 Å². The number of hydrogen-bond acceptors (Lipinski definition) is 4. The third kappa shape index (κ3) is 3.77. The maximum absolute atomic E-state index is 11.2. The van der Waals surface area contributed by atoms with Crippen LogP contribution in [0, 0.1) is 10.1 Å². The van der Waals surface area contributed by atoms with Gasteiger partial charge in [-0.25, -0.2) is 0 Å². The second-order valence-electron chi connectivity index (χ2n) is 5.16. The highest BCUT2D eigenvalue weighted by Gasteiger charge is 2.24. The molecule has 20 heavy (non-hydrogen) atoms. The average molecular weight is 343 g/mol. The zero-order valence-electron chi connectivity index (χ0n) is 11.3. The second kappa shape index (κ2) is 7.15. The summed E-state index contributed by atoms with van der Waals surface area (Å²) in [5, 5.41) is 20.4.